The van der Waals surface area contributed by atoms with Gasteiger partial charge in [-0.2, -0.15) is 0 Å². The van der Waals surface area contributed by atoms with Crippen molar-refractivity contribution in [1.82, 2.24) is 10.6 Å². The molecule has 3 N–H and O–H groups in total. The van der Waals surface area contributed by atoms with E-state index in [9.17, 15) is 9.90 Å². The van der Waals surface area contributed by atoms with E-state index in [-0.39, 0.29) is 29.8 Å². The third-order valence-electron chi connectivity index (χ3n) is 8.15. The molecular formula is C33H50N2O4. The Balaban J connectivity index is 1.28. The first-order chi connectivity index (χ1) is 19.0. The molecule has 6 heteroatoms. The number of hydrogen-bond donors (Lipinski definition) is 3. The van der Waals surface area contributed by atoms with Gasteiger partial charge in [0.25, 0.3) is 0 Å². The molecule has 3 rings (SSSR count). The van der Waals surface area contributed by atoms with Gasteiger partial charge in [-0.3, -0.25) is 0 Å². The molecule has 1 heterocycles. The minimum atomic E-state index is -0.240. The maximum absolute atomic E-state index is 12.2. The van der Waals surface area contributed by atoms with Crippen LogP contribution in [0.3, 0.4) is 0 Å². The summed E-state index contributed by atoms with van der Waals surface area (Å²) in [5.41, 5.74) is 2.17. The van der Waals surface area contributed by atoms with Crippen molar-refractivity contribution in [2.45, 2.75) is 95.2 Å². The molecule has 2 amide bonds. The Bertz CT molecular complexity index is 935. The molecule has 0 radical (unpaired) electrons. The molecule has 0 bridgehead atoms. The Kier molecular flexibility index (Phi) is 13.3. The van der Waals surface area contributed by atoms with E-state index in [0.29, 0.717) is 19.7 Å². The van der Waals surface area contributed by atoms with E-state index in [2.05, 4.69) is 66.9 Å². The summed E-state index contributed by atoms with van der Waals surface area (Å²) in [6.07, 6.45) is 10.0. The summed E-state index contributed by atoms with van der Waals surface area (Å²) in [5, 5.41) is 15.9. The lowest BCUT2D eigenvalue weighted by Crippen LogP contribution is -2.36. The Morgan fingerprint density at radius 1 is 0.846 bits per heavy atom. The fraction of sp³-hybridized carbons (Fsp3) is 0.606. The summed E-state index contributed by atoms with van der Waals surface area (Å²) < 4.78 is 12.0. The Morgan fingerprint density at radius 3 is 2.00 bits per heavy atom. The Hall–Kier alpha value is -2.41. The minimum Gasteiger partial charge on any atom is -0.395 e. The second-order valence-electron chi connectivity index (χ2n) is 11.6. The third-order valence-corrected chi connectivity index (χ3v) is 8.15. The first kappa shape index (κ1) is 31.1. The molecule has 1 aliphatic rings. The highest BCUT2D eigenvalue weighted by atomic mass is 16.7. The highest BCUT2D eigenvalue weighted by Crippen LogP contribution is 2.32. The van der Waals surface area contributed by atoms with Crippen LogP contribution in [0.4, 0.5) is 4.79 Å². The predicted molar refractivity (Wildman–Crippen MR) is 158 cm³/mol. The van der Waals surface area contributed by atoms with Crippen molar-refractivity contribution in [3.05, 3.63) is 71.8 Å². The van der Waals surface area contributed by atoms with Gasteiger partial charge in [-0.25, -0.2) is 4.79 Å². The predicted octanol–water partition coefficient (Wildman–Crippen LogP) is 6.47. The van der Waals surface area contributed by atoms with Gasteiger partial charge in [0.15, 0.2) is 6.29 Å². The maximum atomic E-state index is 12.2. The van der Waals surface area contributed by atoms with Gasteiger partial charge in [0.2, 0.25) is 0 Å². The monoisotopic (exact) mass is 538 g/mol. The summed E-state index contributed by atoms with van der Waals surface area (Å²) in [5.74, 6) is 0. The van der Waals surface area contributed by atoms with Crippen molar-refractivity contribution in [2.24, 2.45) is 0 Å². The lowest BCUT2D eigenvalue weighted by molar-refractivity contribution is -0.171. The summed E-state index contributed by atoms with van der Waals surface area (Å²) in [4.78, 5) is 12.2. The molecule has 2 aromatic carbocycles. The van der Waals surface area contributed by atoms with Crippen LogP contribution >= 0.6 is 0 Å². The largest absolute Gasteiger partial charge is 0.395 e. The van der Waals surface area contributed by atoms with E-state index in [0.717, 1.165) is 70.0 Å². The zero-order chi connectivity index (χ0) is 27.8. The summed E-state index contributed by atoms with van der Waals surface area (Å²) >= 11 is 0. The van der Waals surface area contributed by atoms with E-state index in [1.54, 1.807) is 0 Å². The van der Waals surface area contributed by atoms with Crippen LogP contribution in [0.25, 0.3) is 0 Å². The van der Waals surface area contributed by atoms with Gasteiger partial charge in [0.05, 0.1) is 13.2 Å². The number of urea groups is 1. The zero-order valence-corrected chi connectivity index (χ0v) is 24.1. The number of unbranched alkanes of at least 4 members (excludes halogenated alkanes) is 3. The standard InChI is InChI=1S/C33H50N2O4/c1-32(26-36,28-16-6-3-7-17-28)21-12-14-24-35-31(37)34-23-13-5-11-22-33(2,29-18-8-4-9-19-29)27-39-30-20-10-15-25-38-30/h3-4,6-9,16-19,30,36H,5,10-15,20-27H2,1-2H3,(H2,34,35,37). The second kappa shape index (κ2) is 16.6. The van der Waals surface area contributed by atoms with E-state index < -0.39 is 0 Å². The number of amides is 2. The molecule has 1 fully saturated rings. The van der Waals surface area contributed by atoms with Gasteiger partial charge in [-0.05, 0) is 56.1 Å². The number of carbonyl (C=O) groups is 1. The summed E-state index contributed by atoms with van der Waals surface area (Å²) in [6, 6.07) is 20.7. The topological polar surface area (TPSA) is 79.8 Å². The Labute approximate surface area is 235 Å². The lowest BCUT2D eigenvalue weighted by Gasteiger charge is -2.33. The molecule has 0 aromatic heterocycles. The number of aliphatic hydroxyl groups excluding tert-OH is 1. The van der Waals surface area contributed by atoms with Gasteiger partial charge >= 0.3 is 6.03 Å². The van der Waals surface area contributed by atoms with Crippen molar-refractivity contribution in [1.29, 1.82) is 0 Å². The zero-order valence-electron chi connectivity index (χ0n) is 24.1. The number of benzene rings is 2. The third kappa shape index (κ3) is 10.6. The van der Waals surface area contributed by atoms with Gasteiger partial charge in [-0.15, -0.1) is 0 Å². The molecule has 39 heavy (non-hydrogen) atoms. The van der Waals surface area contributed by atoms with E-state index in [1.165, 1.54) is 12.0 Å². The van der Waals surface area contributed by atoms with Gasteiger partial charge < -0.3 is 25.2 Å². The van der Waals surface area contributed by atoms with E-state index in [1.807, 2.05) is 18.2 Å². The van der Waals surface area contributed by atoms with Crippen LogP contribution in [0.1, 0.15) is 89.2 Å². The molecule has 0 saturated carbocycles. The first-order valence-corrected chi connectivity index (χ1v) is 14.9. The fourth-order valence-corrected chi connectivity index (χ4v) is 5.34. The first-order valence-electron chi connectivity index (χ1n) is 14.9. The molecule has 216 valence electrons. The molecule has 3 unspecified atom stereocenters. The average Bonchev–Trinajstić information content (AvgIpc) is 2.99. The van der Waals surface area contributed by atoms with Gasteiger partial charge in [0.1, 0.15) is 0 Å². The summed E-state index contributed by atoms with van der Waals surface area (Å²) in [6.45, 7) is 7.29. The Morgan fingerprint density at radius 2 is 1.41 bits per heavy atom. The van der Waals surface area contributed by atoms with Crippen LogP contribution < -0.4 is 10.6 Å². The number of aliphatic hydroxyl groups is 1. The van der Waals surface area contributed by atoms with Crippen LogP contribution in [0.15, 0.2) is 60.7 Å². The number of carbonyl (C=O) groups excluding carboxylic acids is 1. The van der Waals surface area contributed by atoms with Crippen molar-refractivity contribution in [3.63, 3.8) is 0 Å². The molecule has 2 aromatic rings. The van der Waals surface area contributed by atoms with Crippen LogP contribution in [0.2, 0.25) is 0 Å². The van der Waals surface area contributed by atoms with Crippen molar-refractivity contribution in [2.75, 3.05) is 32.9 Å². The summed E-state index contributed by atoms with van der Waals surface area (Å²) in [7, 11) is 0. The SMILES string of the molecule is CC(CO)(CCCCNC(=O)NCCCCCC(C)(COC1CCCCO1)c1ccccc1)c1ccccc1. The molecule has 0 aliphatic carbocycles. The van der Waals surface area contributed by atoms with Crippen LogP contribution in [0, 0.1) is 0 Å². The van der Waals surface area contributed by atoms with Gasteiger partial charge in [-0.1, -0.05) is 93.8 Å². The molecule has 3 atom stereocenters. The quantitative estimate of drug-likeness (QED) is 0.202. The fourth-order valence-electron chi connectivity index (χ4n) is 5.34. The number of ether oxygens (including phenoxy) is 2. The number of rotatable bonds is 17. The minimum absolute atomic E-state index is 0.0561. The van der Waals surface area contributed by atoms with Crippen LogP contribution in [-0.4, -0.2) is 50.3 Å². The molecule has 1 saturated heterocycles. The molecule has 1 aliphatic heterocycles. The van der Waals surface area contributed by atoms with Crippen molar-refractivity contribution in [3.8, 4) is 0 Å². The highest BCUT2D eigenvalue weighted by molar-refractivity contribution is 5.73. The molecule has 6 nitrogen and oxygen atoms in total. The molecular weight excluding hydrogens is 488 g/mol. The number of nitrogens with one attached hydrogen (secondary N) is 2. The van der Waals surface area contributed by atoms with E-state index >= 15 is 0 Å². The normalized spacial score (nSPS) is 18.6. The molecule has 0 spiro atoms. The smallest absolute Gasteiger partial charge is 0.314 e. The van der Waals surface area contributed by atoms with E-state index in [4.69, 9.17) is 9.47 Å². The number of hydrogen-bond acceptors (Lipinski definition) is 4. The second-order valence-corrected chi connectivity index (χ2v) is 11.6. The van der Waals surface area contributed by atoms with Gasteiger partial charge in [0, 0.05) is 30.5 Å². The maximum Gasteiger partial charge on any atom is 0.314 e. The van der Waals surface area contributed by atoms with Crippen LogP contribution in [0.5, 0.6) is 0 Å². The average molecular weight is 539 g/mol. The van der Waals surface area contributed by atoms with Crippen molar-refractivity contribution >= 4 is 6.03 Å². The highest BCUT2D eigenvalue weighted by Gasteiger charge is 2.29. The van der Waals surface area contributed by atoms with Crippen LogP contribution in [-0.2, 0) is 20.3 Å². The van der Waals surface area contributed by atoms with Crippen molar-refractivity contribution < 1.29 is 19.4 Å². The lowest BCUT2D eigenvalue weighted by atomic mass is 9.78.